The van der Waals surface area contributed by atoms with Crippen molar-refractivity contribution in [2.75, 3.05) is 12.8 Å². The Kier molecular flexibility index (Phi) is 5.12. The standard InChI is InChI=1S/C15H20N2O3S/c1-10(21-2)8-16-15(20)17-9-12-6-4-3-5-11(12)7-13(17)14(18)19/h3-6,10,13H,7-9H2,1-2H3,(H,16,20)(H,18,19)/t10?,13-/m0/s1. The van der Waals surface area contributed by atoms with E-state index in [9.17, 15) is 14.7 Å². The van der Waals surface area contributed by atoms with Crippen LogP contribution in [-0.4, -0.2) is 46.1 Å². The molecule has 1 aliphatic heterocycles. The van der Waals surface area contributed by atoms with Gasteiger partial charge in [-0.2, -0.15) is 11.8 Å². The van der Waals surface area contributed by atoms with E-state index in [0.717, 1.165) is 11.1 Å². The van der Waals surface area contributed by atoms with Gasteiger partial charge < -0.3 is 15.3 Å². The number of thioether (sulfide) groups is 1. The third-order valence-electron chi connectivity index (χ3n) is 3.74. The Morgan fingerprint density at radius 2 is 2.10 bits per heavy atom. The number of urea groups is 1. The Morgan fingerprint density at radius 1 is 1.43 bits per heavy atom. The first-order chi connectivity index (χ1) is 10.0. The Hall–Kier alpha value is -1.69. The summed E-state index contributed by atoms with van der Waals surface area (Å²) >= 11 is 1.66. The molecule has 0 saturated carbocycles. The number of nitrogens with zero attached hydrogens (tertiary/aromatic N) is 1. The highest BCUT2D eigenvalue weighted by Gasteiger charge is 2.34. The summed E-state index contributed by atoms with van der Waals surface area (Å²) in [6.45, 7) is 2.89. The summed E-state index contributed by atoms with van der Waals surface area (Å²) in [5.74, 6) is -0.961. The third-order valence-corrected chi connectivity index (χ3v) is 4.71. The highest BCUT2D eigenvalue weighted by Crippen LogP contribution is 2.23. The number of carboxylic acid groups (broad SMARTS) is 1. The van der Waals surface area contributed by atoms with Crippen LogP contribution in [0.2, 0.25) is 0 Å². The van der Waals surface area contributed by atoms with Crippen LogP contribution in [0.15, 0.2) is 24.3 Å². The molecule has 5 nitrogen and oxygen atoms in total. The van der Waals surface area contributed by atoms with Gasteiger partial charge in [-0.05, 0) is 17.4 Å². The van der Waals surface area contributed by atoms with Crippen LogP contribution in [-0.2, 0) is 17.8 Å². The van der Waals surface area contributed by atoms with E-state index < -0.39 is 12.0 Å². The van der Waals surface area contributed by atoms with Gasteiger partial charge in [-0.3, -0.25) is 0 Å². The number of aliphatic carboxylic acids is 1. The molecule has 2 amide bonds. The zero-order valence-electron chi connectivity index (χ0n) is 12.2. The second-order valence-corrected chi connectivity index (χ2v) is 6.46. The van der Waals surface area contributed by atoms with E-state index in [1.807, 2.05) is 37.4 Å². The van der Waals surface area contributed by atoms with Crippen LogP contribution in [0.25, 0.3) is 0 Å². The molecule has 0 bridgehead atoms. The minimum atomic E-state index is -0.961. The van der Waals surface area contributed by atoms with E-state index in [1.165, 1.54) is 4.90 Å². The van der Waals surface area contributed by atoms with Gasteiger partial charge in [0.2, 0.25) is 0 Å². The van der Waals surface area contributed by atoms with Crippen molar-refractivity contribution in [1.29, 1.82) is 0 Å². The molecular formula is C15H20N2O3S. The molecule has 2 rings (SSSR count). The average Bonchev–Trinajstić information content (AvgIpc) is 2.50. The number of hydrogen-bond donors (Lipinski definition) is 2. The monoisotopic (exact) mass is 308 g/mol. The predicted molar refractivity (Wildman–Crippen MR) is 83.5 cm³/mol. The minimum absolute atomic E-state index is 0.300. The van der Waals surface area contributed by atoms with Crippen LogP contribution in [0.1, 0.15) is 18.1 Å². The summed E-state index contributed by atoms with van der Waals surface area (Å²) in [7, 11) is 0. The lowest BCUT2D eigenvalue weighted by Crippen LogP contribution is -2.52. The Bertz CT molecular complexity index is 535. The quantitative estimate of drug-likeness (QED) is 0.892. The number of carbonyl (C=O) groups is 2. The molecule has 0 aromatic heterocycles. The highest BCUT2D eigenvalue weighted by atomic mass is 32.2. The van der Waals surface area contributed by atoms with Crippen LogP contribution in [0.5, 0.6) is 0 Å². The number of amides is 2. The fraction of sp³-hybridized carbons (Fsp3) is 0.467. The maximum Gasteiger partial charge on any atom is 0.326 e. The largest absolute Gasteiger partial charge is 0.480 e. The predicted octanol–water partition coefficient (Wildman–Crippen LogP) is 1.96. The zero-order chi connectivity index (χ0) is 15.4. The van der Waals surface area contributed by atoms with E-state index in [0.29, 0.717) is 24.8 Å². The van der Waals surface area contributed by atoms with Gasteiger partial charge in [-0.1, -0.05) is 31.2 Å². The molecule has 1 heterocycles. The lowest BCUT2D eigenvalue weighted by molar-refractivity contribution is -0.142. The van der Waals surface area contributed by atoms with E-state index in [1.54, 1.807) is 11.8 Å². The molecule has 1 aromatic carbocycles. The molecule has 2 atom stereocenters. The lowest BCUT2D eigenvalue weighted by atomic mass is 9.94. The molecule has 2 N–H and O–H groups in total. The van der Waals surface area contributed by atoms with Gasteiger partial charge >= 0.3 is 12.0 Å². The van der Waals surface area contributed by atoms with Crippen molar-refractivity contribution in [3.8, 4) is 0 Å². The van der Waals surface area contributed by atoms with Gasteiger partial charge in [-0.15, -0.1) is 0 Å². The Labute approximate surface area is 128 Å². The molecule has 0 aliphatic carbocycles. The molecule has 114 valence electrons. The van der Waals surface area contributed by atoms with Crippen molar-refractivity contribution in [2.45, 2.75) is 31.2 Å². The van der Waals surface area contributed by atoms with Gasteiger partial charge in [-0.25, -0.2) is 9.59 Å². The minimum Gasteiger partial charge on any atom is -0.480 e. The van der Waals surface area contributed by atoms with E-state index in [4.69, 9.17) is 0 Å². The number of carbonyl (C=O) groups excluding carboxylic acids is 1. The second-order valence-electron chi connectivity index (χ2n) is 5.19. The fourth-order valence-corrected chi connectivity index (χ4v) is 2.62. The van der Waals surface area contributed by atoms with Gasteiger partial charge in [0, 0.05) is 24.8 Å². The number of fused-ring (bicyclic) bond motifs is 1. The Morgan fingerprint density at radius 3 is 2.71 bits per heavy atom. The highest BCUT2D eigenvalue weighted by molar-refractivity contribution is 7.99. The average molecular weight is 308 g/mol. The SMILES string of the molecule is CSC(C)CNC(=O)N1Cc2ccccc2C[C@H]1C(=O)O. The fourth-order valence-electron chi connectivity index (χ4n) is 2.37. The molecule has 0 saturated heterocycles. The van der Waals surface area contributed by atoms with Crippen LogP contribution in [0, 0.1) is 0 Å². The summed E-state index contributed by atoms with van der Waals surface area (Å²) < 4.78 is 0. The molecule has 1 aromatic rings. The number of carboxylic acids is 1. The van der Waals surface area contributed by atoms with Crippen molar-refractivity contribution in [3.05, 3.63) is 35.4 Å². The lowest BCUT2D eigenvalue weighted by Gasteiger charge is -2.34. The van der Waals surface area contributed by atoms with Crippen molar-refractivity contribution >= 4 is 23.8 Å². The van der Waals surface area contributed by atoms with Crippen LogP contribution < -0.4 is 5.32 Å². The molecule has 1 aliphatic rings. The summed E-state index contributed by atoms with van der Waals surface area (Å²) in [4.78, 5) is 25.1. The smallest absolute Gasteiger partial charge is 0.326 e. The van der Waals surface area contributed by atoms with Gasteiger partial charge in [0.15, 0.2) is 0 Å². The van der Waals surface area contributed by atoms with Crippen molar-refractivity contribution in [2.24, 2.45) is 0 Å². The molecule has 0 spiro atoms. The summed E-state index contributed by atoms with van der Waals surface area (Å²) in [5.41, 5.74) is 2.02. The number of benzene rings is 1. The molecule has 0 radical (unpaired) electrons. The summed E-state index contributed by atoms with van der Waals surface area (Å²) in [5, 5.41) is 12.5. The first-order valence-electron chi connectivity index (χ1n) is 6.89. The van der Waals surface area contributed by atoms with Crippen molar-refractivity contribution in [3.63, 3.8) is 0 Å². The first kappa shape index (κ1) is 15.7. The normalized spacial score (nSPS) is 18.8. The molecule has 1 unspecified atom stereocenters. The molecular weight excluding hydrogens is 288 g/mol. The Balaban J connectivity index is 2.13. The van der Waals surface area contributed by atoms with Crippen molar-refractivity contribution < 1.29 is 14.7 Å². The number of hydrogen-bond acceptors (Lipinski definition) is 3. The van der Waals surface area contributed by atoms with E-state index >= 15 is 0 Å². The number of rotatable bonds is 4. The van der Waals surface area contributed by atoms with Crippen molar-refractivity contribution in [1.82, 2.24) is 10.2 Å². The summed E-state index contributed by atoms with van der Waals surface area (Å²) in [6.07, 6.45) is 2.34. The molecule has 21 heavy (non-hydrogen) atoms. The maximum absolute atomic E-state index is 12.3. The van der Waals surface area contributed by atoms with Gasteiger partial charge in [0.1, 0.15) is 6.04 Å². The van der Waals surface area contributed by atoms with Crippen LogP contribution >= 0.6 is 11.8 Å². The zero-order valence-corrected chi connectivity index (χ0v) is 13.0. The third kappa shape index (κ3) is 3.69. The van der Waals surface area contributed by atoms with E-state index in [-0.39, 0.29) is 6.03 Å². The number of nitrogens with one attached hydrogen (secondary N) is 1. The van der Waals surface area contributed by atoms with Gasteiger partial charge in [0.05, 0.1) is 0 Å². The molecule has 0 fully saturated rings. The van der Waals surface area contributed by atoms with E-state index in [2.05, 4.69) is 5.32 Å². The van der Waals surface area contributed by atoms with Crippen LogP contribution in [0.4, 0.5) is 4.79 Å². The second kappa shape index (κ2) is 6.85. The summed E-state index contributed by atoms with van der Waals surface area (Å²) in [6, 6.07) is 6.57. The topological polar surface area (TPSA) is 69.6 Å². The maximum atomic E-state index is 12.3. The first-order valence-corrected chi connectivity index (χ1v) is 8.18. The van der Waals surface area contributed by atoms with Gasteiger partial charge in [0.25, 0.3) is 0 Å². The van der Waals surface area contributed by atoms with Crippen LogP contribution in [0.3, 0.4) is 0 Å². The molecule has 6 heteroatoms.